The molecule has 0 aliphatic carbocycles. The zero-order valence-electron chi connectivity index (χ0n) is 18.6. The third kappa shape index (κ3) is 3.50. The first-order valence-electron chi connectivity index (χ1n) is 10.3. The molecule has 0 radical (unpaired) electrons. The lowest BCUT2D eigenvalue weighted by atomic mass is 9.91. The lowest BCUT2D eigenvalue weighted by Gasteiger charge is -2.45. The minimum absolute atomic E-state index is 0.0970. The van der Waals surface area contributed by atoms with Crippen molar-refractivity contribution in [2.24, 2.45) is 0 Å². The average Bonchev–Trinajstić information content (AvgIpc) is 2.68. The van der Waals surface area contributed by atoms with Crippen molar-refractivity contribution >= 4 is 32.9 Å². The normalized spacial score (nSPS) is 13.1. The molecule has 3 aromatic carbocycles. The lowest BCUT2D eigenvalue weighted by Crippen LogP contribution is -2.49. The Morgan fingerprint density at radius 1 is 0.778 bits per heavy atom. The fraction of sp³-hybridized carbons (Fsp3) is 0.440. The van der Waals surface area contributed by atoms with Gasteiger partial charge in [-0.25, -0.2) is 0 Å². The zero-order valence-corrected chi connectivity index (χ0v) is 18.6. The summed E-state index contributed by atoms with van der Waals surface area (Å²) in [6, 6.07) is 15.5. The number of aryl methyl sites for hydroxylation is 1. The van der Waals surface area contributed by atoms with Crippen LogP contribution < -0.4 is 9.80 Å². The monoisotopic (exact) mass is 364 g/mol. The third-order valence-corrected chi connectivity index (χ3v) is 5.09. The smallest absolute Gasteiger partial charge is 0.0905 e. The van der Waals surface area contributed by atoms with E-state index in [1.165, 1.54) is 38.5 Å². The molecule has 2 nitrogen and oxygen atoms in total. The van der Waals surface area contributed by atoms with Gasteiger partial charge in [-0.2, -0.15) is 0 Å². The molecule has 0 bridgehead atoms. The van der Waals surface area contributed by atoms with E-state index >= 15 is 0 Å². The van der Waals surface area contributed by atoms with Crippen molar-refractivity contribution in [3.05, 3.63) is 48.0 Å². The maximum Gasteiger partial charge on any atom is 0.0905 e. The number of rotatable bonds is 0. The van der Waals surface area contributed by atoms with Crippen molar-refractivity contribution in [3.8, 4) is 0 Å². The highest BCUT2D eigenvalue weighted by molar-refractivity contribution is 6.19. The van der Waals surface area contributed by atoms with Gasteiger partial charge in [0.1, 0.15) is 0 Å². The topological polar surface area (TPSA) is 6.48 Å². The average molecular weight is 365 g/mol. The Morgan fingerprint density at radius 2 is 1.33 bits per heavy atom. The van der Waals surface area contributed by atoms with E-state index in [9.17, 15) is 0 Å². The van der Waals surface area contributed by atoms with Gasteiger partial charge in [0, 0.05) is 23.7 Å². The summed E-state index contributed by atoms with van der Waals surface area (Å²) in [5.74, 6) is 0. The van der Waals surface area contributed by atoms with Gasteiger partial charge in [0.25, 0.3) is 0 Å². The molecule has 1 aliphatic rings. The second-order valence-electron chi connectivity index (χ2n) is 7.66. The molecular formula is C25H36N2. The number of nitrogens with zero attached hydrogens (tertiary/aromatic N) is 2. The van der Waals surface area contributed by atoms with E-state index in [-0.39, 0.29) is 5.54 Å². The highest BCUT2D eigenvalue weighted by Gasteiger charge is 2.31. The maximum atomic E-state index is 2.51. The molecule has 0 saturated carbocycles. The van der Waals surface area contributed by atoms with Crippen LogP contribution in [0.1, 0.15) is 54.0 Å². The number of hydrogen-bond acceptors (Lipinski definition) is 2. The molecule has 0 amide bonds. The number of benzene rings is 3. The van der Waals surface area contributed by atoms with Crippen molar-refractivity contribution < 1.29 is 0 Å². The summed E-state index contributed by atoms with van der Waals surface area (Å²) < 4.78 is 0. The molecule has 0 saturated heterocycles. The molecule has 3 aromatic rings. The first-order valence-corrected chi connectivity index (χ1v) is 10.3. The first kappa shape index (κ1) is 21.1. The largest absolute Gasteiger partial charge is 0.356 e. The Balaban J connectivity index is 0.000000614. The molecule has 0 N–H and O–H groups in total. The van der Waals surface area contributed by atoms with E-state index in [4.69, 9.17) is 0 Å². The maximum absolute atomic E-state index is 2.51. The number of anilines is 2. The van der Waals surface area contributed by atoms with Crippen LogP contribution in [0.25, 0.3) is 21.5 Å². The van der Waals surface area contributed by atoms with E-state index in [1.54, 1.807) is 0 Å². The van der Waals surface area contributed by atoms with E-state index in [0.717, 1.165) is 6.67 Å². The van der Waals surface area contributed by atoms with Gasteiger partial charge in [-0.3, -0.25) is 0 Å². The van der Waals surface area contributed by atoms with Gasteiger partial charge < -0.3 is 9.80 Å². The molecule has 0 atom stereocenters. The summed E-state index contributed by atoms with van der Waals surface area (Å²) in [6.07, 6.45) is 0. The van der Waals surface area contributed by atoms with Crippen LogP contribution in [0.4, 0.5) is 11.4 Å². The Kier molecular flexibility index (Phi) is 6.41. The summed E-state index contributed by atoms with van der Waals surface area (Å²) in [5, 5.41) is 5.48. The predicted molar refractivity (Wildman–Crippen MR) is 124 cm³/mol. The molecule has 0 unspecified atom stereocenters. The third-order valence-electron chi connectivity index (χ3n) is 5.09. The van der Waals surface area contributed by atoms with E-state index in [1.807, 2.05) is 27.7 Å². The fourth-order valence-electron chi connectivity index (χ4n) is 4.01. The highest BCUT2D eigenvalue weighted by Crippen LogP contribution is 2.46. The Hall–Kier alpha value is -2.22. The summed E-state index contributed by atoms with van der Waals surface area (Å²) in [4.78, 5) is 4.92. The molecule has 146 valence electrons. The summed E-state index contributed by atoms with van der Waals surface area (Å²) in [7, 11) is 2.21. The van der Waals surface area contributed by atoms with Gasteiger partial charge in [0.2, 0.25) is 0 Å². The fourth-order valence-corrected chi connectivity index (χ4v) is 4.01. The van der Waals surface area contributed by atoms with Crippen LogP contribution in [-0.2, 0) is 0 Å². The number of hydrogen-bond donors (Lipinski definition) is 0. The zero-order chi connectivity index (χ0) is 20.4. The van der Waals surface area contributed by atoms with Crippen LogP contribution in [0.2, 0.25) is 0 Å². The summed E-state index contributed by atoms with van der Waals surface area (Å²) >= 11 is 0. The molecule has 1 aliphatic heterocycles. The quantitative estimate of drug-likeness (QED) is 0.384. The van der Waals surface area contributed by atoms with E-state index in [0.29, 0.717) is 0 Å². The van der Waals surface area contributed by atoms with Crippen LogP contribution in [0, 0.1) is 6.92 Å². The van der Waals surface area contributed by atoms with Crippen molar-refractivity contribution in [2.45, 2.75) is 60.9 Å². The van der Waals surface area contributed by atoms with Crippen LogP contribution in [0.15, 0.2) is 42.5 Å². The lowest BCUT2D eigenvalue weighted by molar-refractivity contribution is 0.501. The SMILES string of the molecule is CC.CC.Cc1c2c3c(cccc3c3ccccc13)N(C(C)(C)C)CN2C. The van der Waals surface area contributed by atoms with Crippen LogP contribution in [0.5, 0.6) is 0 Å². The van der Waals surface area contributed by atoms with Gasteiger partial charge >= 0.3 is 0 Å². The minimum Gasteiger partial charge on any atom is -0.356 e. The van der Waals surface area contributed by atoms with Crippen LogP contribution in [-0.4, -0.2) is 19.3 Å². The molecule has 4 rings (SSSR count). The molecule has 0 fully saturated rings. The minimum atomic E-state index is 0.0970. The predicted octanol–water partition coefficient (Wildman–Crippen LogP) is 7.37. The molecule has 0 aromatic heterocycles. The Morgan fingerprint density at radius 3 is 1.93 bits per heavy atom. The van der Waals surface area contributed by atoms with Gasteiger partial charge in [0.05, 0.1) is 12.4 Å². The van der Waals surface area contributed by atoms with Crippen molar-refractivity contribution in [1.29, 1.82) is 0 Å². The molecule has 2 heteroatoms. The standard InChI is InChI=1S/C21H24N2.2C2H6/c1-14-15-9-6-7-10-16(15)17-11-8-12-18-19(17)20(14)22(5)13-23(18)21(2,3)4;2*1-2/h6-12H,13H2,1-5H3;2*1-2H3. The molecule has 0 spiro atoms. The van der Waals surface area contributed by atoms with Crippen molar-refractivity contribution in [2.75, 3.05) is 23.5 Å². The van der Waals surface area contributed by atoms with Gasteiger partial charge in [-0.05, 0) is 55.5 Å². The van der Waals surface area contributed by atoms with E-state index < -0.39 is 0 Å². The summed E-state index contributed by atoms with van der Waals surface area (Å²) in [5.41, 5.74) is 4.23. The Bertz CT molecular complexity index is 919. The second-order valence-corrected chi connectivity index (χ2v) is 7.66. The molecular weight excluding hydrogens is 328 g/mol. The second kappa shape index (κ2) is 8.21. The highest BCUT2D eigenvalue weighted by atomic mass is 15.3. The molecule has 27 heavy (non-hydrogen) atoms. The Labute approximate surface area is 165 Å². The van der Waals surface area contributed by atoms with E-state index in [2.05, 4.69) is 87.0 Å². The molecule has 1 heterocycles. The van der Waals surface area contributed by atoms with Crippen LogP contribution >= 0.6 is 0 Å². The van der Waals surface area contributed by atoms with Crippen LogP contribution in [0.3, 0.4) is 0 Å². The number of fused-ring (bicyclic) bond motifs is 2. The van der Waals surface area contributed by atoms with Crippen molar-refractivity contribution in [3.63, 3.8) is 0 Å². The van der Waals surface area contributed by atoms with Gasteiger partial charge in [-0.1, -0.05) is 64.1 Å². The first-order chi connectivity index (χ1) is 12.9. The van der Waals surface area contributed by atoms with Gasteiger partial charge in [-0.15, -0.1) is 0 Å². The summed E-state index contributed by atoms with van der Waals surface area (Å²) in [6.45, 7) is 18.1. The van der Waals surface area contributed by atoms with Gasteiger partial charge in [0.15, 0.2) is 0 Å². The van der Waals surface area contributed by atoms with Crippen molar-refractivity contribution in [1.82, 2.24) is 0 Å².